The zero-order chi connectivity index (χ0) is 24.9. The highest BCUT2D eigenvalue weighted by Crippen LogP contribution is 2.25. The summed E-state index contributed by atoms with van der Waals surface area (Å²) in [5, 5.41) is 6.02. The van der Waals surface area contributed by atoms with Crippen molar-refractivity contribution in [1.82, 2.24) is 10.2 Å². The number of carbonyl (C=O) groups is 2. The van der Waals surface area contributed by atoms with Gasteiger partial charge in [-0.25, -0.2) is 4.79 Å². The van der Waals surface area contributed by atoms with Gasteiger partial charge in [0, 0.05) is 18.8 Å². The SMILES string of the molecule is CCCCCCCCc1ccc(NC(=O)NC2(CC(=O)OCc3ccccc3)CCN(C)C2)cc1. The van der Waals surface area contributed by atoms with Crippen LogP contribution >= 0.6 is 0 Å². The lowest BCUT2D eigenvalue weighted by molar-refractivity contribution is -0.146. The molecule has 2 amide bonds. The van der Waals surface area contributed by atoms with E-state index in [0.29, 0.717) is 13.0 Å². The molecule has 1 aliphatic rings. The Kier molecular flexibility index (Phi) is 10.6. The van der Waals surface area contributed by atoms with Gasteiger partial charge in [0.2, 0.25) is 0 Å². The molecular formula is C29H41N3O3. The summed E-state index contributed by atoms with van der Waals surface area (Å²) in [6.45, 7) is 3.91. The fourth-order valence-corrected chi connectivity index (χ4v) is 4.70. The molecule has 0 spiro atoms. The van der Waals surface area contributed by atoms with Crippen molar-refractivity contribution in [2.24, 2.45) is 0 Å². The number of anilines is 1. The maximum atomic E-state index is 12.8. The molecule has 1 saturated heterocycles. The van der Waals surface area contributed by atoms with Crippen LogP contribution in [0.1, 0.15) is 69.4 Å². The molecule has 1 unspecified atom stereocenters. The largest absolute Gasteiger partial charge is 0.461 e. The summed E-state index contributed by atoms with van der Waals surface area (Å²) in [6.07, 6.45) is 9.64. The molecule has 2 N–H and O–H groups in total. The van der Waals surface area contributed by atoms with Crippen LogP contribution in [0.5, 0.6) is 0 Å². The van der Waals surface area contributed by atoms with Crippen molar-refractivity contribution < 1.29 is 14.3 Å². The second kappa shape index (κ2) is 13.9. The molecule has 1 aliphatic heterocycles. The smallest absolute Gasteiger partial charge is 0.319 e. The number of amides is 2. The Labute approximate surface area is 210 Å². The van der Waals surface area contributed by atoms with Crippen molar-refractivity contribution in [3.05, 3.63) is 65.7 Å². The summed E-state index contributed by atoms with van der Waals surface area (Å²) < 4.78 is 5.49. The highest BCUT2D eigenvalue weighted by Gasteiger charge is 2.40. The standard InChI is InChI=1S/C29H41N3O3/c1-3-4-5-6-7-9-12-24-15-17-26(18-16-24)30-28(34)31-29(19-20-32(2)23-29)21-27(33)35-22-25-13-10-8-11-14-25/h8,10-11,13-18H,3-7,9,12,19-23H2,1-2H3,(H2,30,31,34). The molecule has 6 nitrogen and oxygen atoms in total. The minimum atomic E-state index is -0.635. The first-order chi connectivity index (χ1) is 17.0. The van der Waals surface area contributed by atoms with Crippen LogP contribution in [0.25, 0.3) is 0 Å². The molecule has 1 atom stereocenters. The first-order valence-electron chi connectivity index (χ1n) is 13.0. The van der Waals surface area contributed by atoms with E-state index < -0.39 is 5.54 Å². The van der Waals surface area contributed by atoms with E-state index in [1.54, 1.807) is 0 Å². The molecule has 1 fully saturated rings. The topological polar surface area (TPSA) is 70.7 Å². The minimum absolute atomic E-state index is 0.148. The third-order valence-corrected chi connectivity index (χ3v) is 6.68. The summed E-state index contributed by atoms with van der Waals surface area (Å²) in [4.78, 5) is 27.6. The maximum Gasteiger partial charge on any atom is 0.319 e. The fourth-order valence-electron chi connectivity index (χ4n) is 4.70. The van der Waals surface area contributed by atoms with E-state index in [1.165, 1.54) is 44.1 Å². The molecule has 0 radical (unpaired) electrons. The van der Waals surface area contributed by atoms with E-state index in [9.17, 15) is 9.59 Å². The van der Waals surface area contributed by atoms with Gasteiger partial charge in [-0.15, -0.1) is 0 Å². The number of hydrogen-bond acceptors (Lipinski definition) is 4. The second-order valence-electron chi connectivity index (χ2n) is 9.88. The molecule has 6 heteroatoms. The number of likely N-dealkylation sites (tertiary alicyclic amines) is 1. The van der Waals surface area contributed by atoms with Gasteiger partial charge >= 0.3 is 12.0 Å². The van der Waals surface area contributed by atoms with E-state index in [1.807, 2.05) is 49.5 Å². The quantitative estimate of drug-likeness (QED) is 0.276. The van der Waals surface area contributed by atoms with Crippen LogP contribution in [0.15, 0.2) is 54.6 Å². The van der Waals surface area contributed by atoms with Crippen molar-refractivity contribution >= 4 is 17.7 Å². The number of carbonyl (C=O) groups excluding carboxylic acids is 2. The molecule has 190 valence electrons. The number of rotatable bonds is 13. The second-order valence-corrected chi connectivity index (χ2v) is 9.88. The average Bonchev–Trinajstić information content (AvgIpc) is 3.21. The van der Waals surface area contributed by atoms with Gasteiger partial charge in [-0.1, -0.05) is 81.5 Å². The normalized spacial score (nSPS) is 17.8. The molecule has 2 aromatic rings. The summed E-state index contributed by atoms with van der Waals surface area (Å²) >= 11 is 0. The lowest BCUT2D eigenvalue weighted by Gasteiger charge is -2.29. The molecule has 0 aliphatic carbocycles. The monoisotopic (exact) mass is 479 g/mol. The molecule has 0 bridgehead atoms. The molecule has 0 aromatic heterocycles. The van der Waals surface area contributed by atoms with Crippen LogP contribution in [0.4, 0.5) is 10.5 Å². The Morgan fingerprint density at radius 2 is 1.66 bits per heavy atom. The van der Waals surface area contributed by atoms with Crippen molar-refractivity contribution in [2.45, 2.75) is 76.9 Å². The van der Waals surface area contributed by atoms with Gasteiger partial charge in [-0.3, -0.25) is 4.79 Å². The zero-order valence-electron chi connectivity index (χ0n) is 21.4. The fraction of sp³-hybridized carbons (Fsp3) is 0.517. The Hall–Kier alpha value is -2.86. The van der Waals surface area contributed by atoms with E-state index in [4.69, 9.17) is 4.74 Å². The number of aryl methyl sites for hydroxylation is 1. The third-order valence-electron chi connectivity index (χ3n) is 6.68. The van der Waals surface area contributed by atoms with Crippen LogP contribution in [0, 0.1) is 0 Å². The van der Waals surface area contributed by atoms with Gasteiger partial charge in [-0.2, -0.15) is 0 Å². The number of urea groups is 1. The summed E-state index contributed by atoms with van der Waals surface area (Å²) in [7, 11) is 2.00. The predicted molar refractivity (Wildman–Crippen MR) is 141 cm³/mol. The molecule has 2 aromatic carbocycles. The predicted octanol–water partition coefficient (Wildman–Crippen LogP) is 5.92. The molecule has 3 rings (SSSR count). The van der Waals surface area contributed by atoms with Crippen LogP contribution in [-0.2, 0) is 22.6 Å². The average molecular weight is 480 g/mol. The number of benzene rings is 2. The maximum absolute atomic E-state index is 12.8. The van der Waals surface area contributed by atoms with E-state index in [0.717, 1.165) is 24.2 Å². The van der Waals surface area contributed by atoms with Gasteiger partial charge in [0.15, 0.2) is 0 Å². The van der Waals surface area contributed by atoms with Gasteiger partial charge in [0.05, 0.1) is 12.0 Å². The van der Waals surface area contributed by atoms with E-state index in [-0.39, 0.29) is 25.0 Å². The minimum Gasteiger partial charge on any atom is -0.461 e. The third kappa shape index (κ3) is 9.36. The Morgan fingerprint density at radius 1 is 0.943 bits per heavy atom. The van der Waals surface area contributed by atoms with E-state index in [2.05, 4.69) is 34.6 Å². The number of ether oxygens (including phenoxy) is 1. The van der Waals surface area contributed by atoms with Crippen molar-refractivity contribution in [3.63, 3.8) is 0 Å². The van der Waals surface area contributed by atoms with Gasteiger partial charge < -0.3 is 20.3 Å². The highest BCUT2D eigenvalue weighted by atomic mass is 16.5. The first-order valence-corrected chi connectivity index (χ1v) is 13.0. The number of unbranched alkanes of at least 4 members (excludes halogenated alkanes) is 5. The number of hydrogen-bond donors (Lipinski definition) is 2. The molecule has 1 heterocycles. The Balaban J connectivity index is 1.47. The van der Waals surface area contributed by atoms with Crippen LogP contribution in [0.2, 0.25) is 0 Å². The number of likely N-dealkylation sites (N-methyl/N-ethyl adjacent to an activating group) is 1. The molecular weight excluding hydrogens is 438 g/mol. The zero-order valence-corrected chi connectivity index (χ0v) is 21.4. The van der Waals surface area contributed by atoms with Crippen LogP contribution in [0.3, 0.4) is 0 Å². The van der Waals surface area contributed by atoms with Crippen LogP contribution < -0.4 is 10.6 Å². The van der Waals surface area contributed by atoms with Gasteiger partial charge in [0.1, 0.15) is 6.61 Å². The molecule has 0 saturated carbocycles. The first kappa shape index (κ1) is 26.7. The number of nitrogens with zero attached hydrogens (tertiary/aromatic N) is 1. The lowest BCUT2D eigenvalue weighted by Crippen LogP contribution is -2.53. The van der Waals surface area contributed by atoms with Crippen molar-refractivity contribution in [3.8, 4) is 0 Å². The van der Waals surface area contributed by atoms with E-state index >= 15 is 0 Å². The van der Waals surface area contributed by atoms with Gasteiger partial charge in [-0.05, 0) is 49.6 Å². The molecule has 35 heavy (non-hydrogen) atoms. The number of nitrogens with one attached hydrogen (secondary N) is 2. The lowest BCUT2D eigenvalue weighted by atomic mass is 9.94. The highest BCUT2D eigenvalue weighted by molar-refractivity contribution is 5.90. The van der Waals surface area contributed by atoms with Crippen molar-refractivity contribution in [1.29, 1.82) is 0 Å². The Bertz CT molecular complexity index is 917. The summed E-state index contributed by atoms with van der Waals surface area (Å²) in [5.74, 6) is -0.302. The van der Waals surface area contributed by atoms with Crippen molar-refractivity contribution in [2.75, 3.05) is 25.5 Å². The summed E-state index contributed by atoms with van der Waals surface area (Å²) in [5.41, 5.74) is 2.36. The Morgan fingerprint density at radius 3 is 2.34 bits per heavy atom. The summed E-state index contributed by atoms with van der Waals surface area (Å²) in [6, 6.07) is 17.4. The van der Waals surface area contributed by atoms with Gasteiger partial charge in [0.25, 0.3) is 0 Å². The number of esters is 1. The van der Waals surface area contributed by atoms with Crippen LogP contribution in [-0.4, -0.2) is 42.6 Å².